The van der Waals surface area contributed by atoms with Crippen LogP contribution in [0, 0.1) is 12.0 Å². The van der Waals surface area contributed by atoms with Crippen molar-refractivity contribution in [3.63, 3.8) is 0 Å². The van der Waals surface area contributed by atoms with Gasteiger partial charge in [-0.05, 0) is 29.9 Å². The predicted molar refractivity (Wildman–Crippen MR) is 65.2 cm³/mol. The number of fused-ring (bicyclic) bond motifs is 1. The maximum absolute atomic E-state index is 3.99. The average molecular weight is 224 g/mol. The molecule has 2 aliphatic rings. The summed E-state index contributed by atoms with van der Waals surface area (Å²) in [5, 5.41) is 10.6. The molecular weight excluding hydrogens is 210 g/mol. The van der Waals surface area contributed by atoms with E-state index in [0.29, 0.717) is 6.04 Å². The second-order valence-electron chi connectivity index (χ2n) is 4.96. The molecule has 17 heavy (non-hydrogen) atoms. The van der Waals surface area contributed by atoms with Gasteiger partial charge in [0.2, 0.25) is 0 Å². The quantitative estimate of drug-likeness (QED) is 0.822. The van der Waals surface area contributed by atoms with Crippen molar-refractivity contribution in [3.05, 3.63) is 41.6 Å². The molecule has 1 aromatic carbocycles. The SMILES string of the molecule is [c]1cn[nH]c1-c1cccc2c1CNC2C1CC1. The summed E-state index contributed by atoms with van der Waals surface area (Å²) in [7, 11) is 0. The lowest BCUT2D eigenvalue weighted by atomic mass is 9.96. The van der Waals surface area contributed by atoms with Crippen molar-refractivity contribution >= 4 is 0 Å². The van der Waals surface area contributed by atoms with E-state index in [9.17, 15) is 0 Å². The molecule has 2 heterocycles. The van der Waals surface area contributed by atoms with Crippen LogP contribution < -0.4 is 5.32 Å². The Labute approximate surface area is 100 Å². The zero-order chi connectivity index (χ0) is 11.2. The summed E-state index contributed by atoms with van der Waals surface area (Å²) in [5.41, 5.74) is 5.15. The molecule has 1 radical (unpaired) electrons. The summed E-state index contributed by atoms with van der Waals surface area (Å²) in [6.45, 7) is 0.972. The normalized spacial score (nSPS) is 22.7. The first-order chi connectivity index (χ1) is 8.43. The fourth-order valence-corrected chi connectivity index (χ4v) is 2.86. The van der Waals surface area contributed by atoms with Crippen LogP contribution in [0.15, 0.2) is 24.4 Å². The number of aromatic amines is 1. The number of rotatable bonds is 2. The number of benzene rings is 1. The van der Waals surface area contributed by atoms with Gasteiger partial charge in [-0.3, -0.25) is 5.10 Å². The number of H-pyrrole nitrogens is 1. The first kappa shape index (κ1) is 9.42. The Morgan fingerprint density at radius 3 is 3.00 bits per heavy atom. The van der Waals surface area contributed by atoms with Gasteiger partial charge < -0.3 is 5.32 Å². The standard InChI is InChI=1S/C14H14N3/c1-2-10(13-6-7-16-17-13)12-8-15-14(9-4-5-9)11(12)3-1/h1-3,7,9,14-15H,4-5,8H2,(H,16,17). The Kier molecular flexibility index (Phi) is 1.91. The summed E-state index contributed by atoms with van der Waals surface area (Å²) < 4.78 is 0. The van der Waals surface area contributed by atoms with Crippen molar-refractivity contribution in [3.8, 4) is 11.3 Å². The molecule has 1 unspecified atom stereocenters. The van der Waals surface area contributed by atoms with Crippen LogP contribution in [0.5, 0.6) is 0 Å². The largest absolute Gasteiger partial charge is 0.306 e. The number of nitrogens with one attached hydrogen (secondary N) is 2. The van der Waals surface area contributed by atoms with Crippen molar-refractivity contribution in [1.29, 1.82) is 0 Å². The Bertz CT molecular complexity index is 541. The molecule has 2 N–H and O–H groups in total. The molecule has 2 aromatic rings. The molecule has 3 heteroatoms. The highest BCUT2D eigenvalue weighted by atomic mass is 15.1. The zero-order valence-electron chi connectivity index (χ0n) is 9.53. The molecule has 1 fully saturated rings. The van der Waals surface area contributed by atoms with Crippen LogP contribution in [0.2, 0.25) is 0 Å². The van der Waals surface area contributed by atoms with Crippen LogP contribution in [0.3, 0.4) is 0 Å². The molecule has 0 amide bonds. The summed E-state index contributed by atoms with van der Waals surface area (Å²) in [4.78, 5) is 0. The first-order valence-electron chi connectivity index (χ1n) is 6.20. The minimum Gasteiger partial charge on any atom is -0.306 e. The topological polar surface area (TPSA) is 40.7 Å². The molecule has 1 aromatic heterocycles. The summed E-state index contributed by atoms with van der Waals surface area (Å²) in [6.07, 6.45) is 4.44. The second kappa shape index (κ2) is 3.44. The van der Waals surface area contributed by atoms with Gasteiger partial charge in [0.15, 0.2) is 0 Å². The minimum atomic E-state index is 0.577. The maximum Gasteiger partial charge on any atom is 0.0733 e. The van der Waals surface area contributed by atoms with Crippen molar-refractivity contribution < 1.29 is 0 Å². The third-order valence-corrected chi connectivity index (χ3v) is 3.86. The molecule has 4 rings (SSSR count). The number of hydrogen-bond acceptors (Lipinski definition) is 2. The minimum absolute atomic E-state index is 0.577. The van der Waals surface area contributed by atoms with E-state index >= 15 is 0 Å². The van der Waals surface area contributed by atoms with Crippen LogP contribution >= 0.6 is 0 Å². The Hall–Kier alpha value is -1.61. The number of hydrogen-bond donors (Lipinski definition) is 2. The van der Waals surface area contributed by atoms with Crippen LogP contribution in [-0.4, -0.2) is 10.2 Å². The summed E-state index contributed by atoms with van der Waals surface area (Å²) >= 11 is 0. The van der Waals surface area contributed by atoms with Gasteiger partial charge in [0, 0.05) is 24.2 Å². The van der Waals surface area contributed by atoms with E-state index in [1.807, 2.05) is 0 Å². The first-order valence-corrected chi connectivity index (χ1v) is 6.20. The molecule has 0 spiro atoms. The molecular formula is C14H14N3. The van der Waals surface area contributed by atoms with Gasteiger partial charge in [-0.2, -0.15) is 5.10 Å². The van der Waals surface area contributed by atoms with Gasteiger partial charge in [-0.1, -0.05) is 18.2 Å². The summed E-state index contributed by atoms with van der Waals surface area (Å²) in [5.74, 6) is 0.859. The maximum atomic E-state index is 3.99. The van der Waals surface area contributed by atoms with Crippen LogP contribution in [0.1, 0.15) is 30.0 Å². The van der Waals surface area contributed by atoms with Gasteiger partial charge in [-0.25, -0.2) is 0 Å². The van der Waals surface area contributed by atoms with E-state index in [-0.39, 0.29) is 0 Å². The molecule has 3 nitrogen and oxygen atoms in total. The van der Waals surface area contributed by atoms with Crippen LogP contribution in [-0.2, 0) is 6.54 Å². The van der Waals surface area contributed by atoms with Crippen molar-refractivity contribution in [1.82, 2.24) is 15.5 Å². The lowest BCUT2D eigenvalue weighted by Crippen LogP contribution is -2.13. The molecule has 0 saturated heterocycles. The molecule has 1 aliphatic heterocycles. The highest BCUT2D eigenvalue weighted by Crippen LogP contribution is 2.46. The average Bonchev–Trinajstić information content (AvgIpc) is 2.93. The second-order valence-corrected chi connectivity index (χ2v) is 4.96. The van der Waals surface area contributed by atoms with E-state index in [2.05, 4.69) is 39.8 Å². The molecule has 0 bridgehead atoms. The predicted octanol–water partition coefficient (Wildman–Crippen LogP) is 2.43. The Balaban J connectivity index is 1.83. The molecule has 1 aliphatic carbocycles. The zero-order valence-corrected chi connectivity index (χ0v) is 9.53. The lowest BCUT2D eigenvalue weighted by molar-refractivity contribution is 0.523. The van der Waals surface area contributed by atoms with Crippen molar-refractivity contribution in [2.24, 2.45) is 5.92 Å². The lowest BCUT2D eigenvalue weighted by Gasteiger charge is -2.10. The Morgan fingerprint density at radius 1 is 1.29 bits per heavy atom. The van der Waals surface area contributed by atoms with Crippen molar-refractivity contribution in [2.45, 2.75) is 25.4 Å². The van der Waals surface area contributed by atoms with Gasteiger partial charge in [0.25, 0.3) is 0 Å². The van der Waals surface area contributed by atoms with E-state index in [0.717, 1.165) is 18.2 Å². The monoisotopic (exact) mass is 224 g/mol. The summed E-state index contributed by atoms with van der Waals surface area (Å²) in [6, 6.07) is 10.3. The van der Waals surface area contributed by atoms with E-state index in [1.54, 1.807) is 6.20 Å². The smallest absolute Gasteiger partial charge is 0.0733 e. The highest BCUT2D eigenvalue weighted by Gasteiger charge is 2.36. The van der Waals surface area contributed by atoms with Gasteiger partial charge >= 0.3 is 0 Å². The third-order valence-electron chi connectivity index (χ3n) is 3.86. The van der Waals surface area contributed by atoms with E-state index < -0.39 is 0 Å². The molecule has 1 atom stereocenters. The van der Waals surface area contributed by atoms with E-state index in [1.165, 1.54) is 29.5 Å². The fourth-order valence-electron chi connectivity index (χ4n) is 2.86. The van der Waals surface area contributed by atoms with E-state index in [4.69, 9.17) is 0 Å². The Morgan fingerprint density at radius 2 is 2.24 bits per heavy atom. The highest BCUT2D eigenvalue weighted by molar-refractivity contribution is 5.66. The van der Waals surface area contributed by atoms with Crippen LogP contribution in [0.4, 0.5) is 0 Å². The van der Waals surface area contributed by atoms with Crippen LogP contribution in [0.25, 0.3) is 11.3 Å². The molecule has 1 saturated carbocycles. The fraction of sp³-hybridized carbons (Fsp3) is 0.357. The third kappa shape index (κ3) is 1.42. The number of aromatic nitrogens is 2. The number of nitrogens with zero attached hydrogens (tertiary/aromatic N) is 1. The van der Waals surface area contributed by atoms with Crippen molar-refractivity contribution in [2.75, 3.05) is 0 Å². The van der Waals surface area contributed by atoms with Gasteiger partial charge in [0.05, 0.1) is 11.9 Å². The molecule has 85 valence electrons. The van der Waals surface area contributed by atoms with Gasteiger partial charge in [0.1, 0.15) is 0 Å². The van der Waals surface area contributed by atoms with Gasteiger partial charge in [-0.15, -0.1) is 0 Å².